The third-order valence-electron chi connectivity index (χ3n) is 28.6. The molecular weight excluding hydrogens is 1700 g/mol. The Labute approximate surface area is 827 Å². The van der Waals surface area contributed by atoms with Crippen molar-refractivity contribution < 1.29 is 0 Å². The topological polar surface area (TPSA) is 9.72 Å². The summed E-state index contributed by atoms with van der Waals surface area (Å²) in [5.41, 5.74) is 42.9. The van der Waals surface area contributed by atoms with Crippen molar-refractivity contribution in [2.75, 3.05) is 14.7 Å². The van der Waals surface area contributed by atoms with Gasteiger partial charge in [-0.1, -0.05) is 464 Å². The maximum absolute atomic E-state index is 2.48. The van der Waals surface area contributed by atoms with E-state index in [1.807, 2.05) is 0 Å². The van der Waals surface area contributed by atoms with Crippen LogP contribution in [0.25, 0.3) is 155 Å². The molecule has 0 heterocycles. The predicted octanol–water partition coefficient (Wildman–Crippen LogP) is 38.5. The molecule has 0 N–H and O–H groups in total. The smallest absolute Gasteiger partial charge is 0.0546 e. The minimum atomic E-state index is -0.117. The summed E-state index contributed by atoms with van der Waals surface area (Å²) in [6, 6.07) is 200. The van der Waals surface area contributed by atoms with E-state index in [0.29, 0.717) is 0 Å². The van der Waals surface area contributed by atoms with Gasteiger partial charge in [-0.2, -0.15) is 0 Å². The lowest BCUT2D eigenvalue weighted by atomic mass is 9.82. The second kappa shape index (κ2) is 38.1. The molecule has 0 aliphatic heterocycles. The quantitative estimate of drug-likeness (QED) is 0.0848. The molecule has 0 amide bonds. The predicted molar refractivity (Wildman–Crippen MR) is 600 cm³/mol. The van der Waals surface area contributed by atoms with E-state index >= 15 is 0 Å². The van der Waals surface area contributed by atoms with Gasteiger partial charge in [0.05, 0.1) is 5.69 Å². The fourth-order valence-corrected chi connectivity index (χ4v) is 21.8. The normalized spacial score (nSPS) is 12.2. The van der Waals surface area contributed by atoms with Crippen molar-refractivity contribution in [1.82, 2.24) is 0 Å². The standard InChI is InChI=1S/2C49H37N.C40H29N/c1-49(2)45-28-15-14-25-40(45)41-30-29-39(32-46(41)49)50(38-24-16-23-37(31-38)34-17-6-3-7-18-34)47-33-44(35-19-8-4-9-20-35)48(36-21-10-5-11-22-36)43-27-13-12-26-42(43)47;1-49(2)46-25-15-14-23-41(46)42-31-30-39(32-47(42)49)50(37-20-10-5-11-21-37)38-28-26-35(27-29-38)44-33-45(34-16-6-3-7-17-34)48(36-18-8-4-9-19-36)43-24-13-12-22-40(43)44;1-5-15-30(16-6-1)39-29-38(36-23-13-14-24-37(36)40(39)32-17-7-2-8-18-32)31-25-27-35(28-26-31)41(33-19-9-3-10-20-33)34-21-11-4-12-22-34/h2*3-33H,1-2H3;1-29H. The summed E-state index contributed by atoms with van der Waals surface area (Å²) in [7, 11) is 0. The van der Waals surface area contributed by atoms with Crippen LogP contribution in [0.3, 0.4) is 0 Å². The zero-order valence-corrected chi connectivity index (χ0v) is 79.4. The Morgan fingerprint density at radius 3 is 0.745 bits per heavy atom. The average molecular weight is 1800 g/mol. The van der Waals surface area contributed by atoms with Gasteiger partial charge >= 0.3 is 0 Å². The van der Waals surface area contributed by atoms with Crippen molar-refractivity contribution in [2.45, 2.75) is 38.5 Å². The number of benzene rings is 23. The molecule has 0 saturated carbocycles. The number of fused-ring (bicyclic) bond motifs is 9. The number of hydrogen-bond acceptors (Lipinski definition) is 3. The minimum absolute atomic E-state index is 0.0718. The molecule has 141 heavy (non-hydrogen) atoms. The highest BCUT2D eigenvalue weighted by molar-refractivity contribution is 6.15. The highest BCUT2D eigenvalue weighted by Gasteiger charge is 2.38. The Hall–Kier alpha value is -17.8. The highest BCUT2D eigenvalue weighted by Crippen LogP contribution is 2.56. The van der Waals surface area contributed by atoms with Crippen LogP contribution in [-0.4, -0.2) is 0 Å². The van der Waals surface area contributed by atoms with Crippen LogP contribution < -0.4 is 14.7 Å². The molecule has 23 aromatic rings. The lowest BCUT2D eigenvalue weighted by Crippen LogP contribution is -2.16. The van der Waals surface area contributed by atoms with Gasteiger partial charge in [-0.05, 0) is 287 Å². The molecule has 0 spiro atoms. The van der Waals surface area contributed by atoms with E-state index < -0.39 is 0 Å². The zero-order chi connectivity index (χ0) is 94.8. The Balaban J connectivity index is 0.000000118. The number of nitrogens with zero attached hydrogens (tertiary/aromatic N) is 3. The Bertz CT molecular complexity index is 8410. The maximum Gasteiger partial charge on any atom is 0.0546 e. The van der Waals surface area contributed by atoms with Crippen LogP contribution in [0.4, 0.5) is 51.2 Å². The average Bonchev–Trinajstić information content (AvgIpc) is 1.70. The fraction of sp³-hybridized carbons (Fsp3) is 0.0435. The van der Waals surface area contributed by atoms with Crippen LogP contribution in [0.1, 0.15) is 49.9 Å². The van der Waals surface area contributed by atoms with Gasteiger partial charge in [-0.15, -0.1) is 0 Å². The van der Waals surface area contributed by atoms with Gasteiger partial charge in [-0.25, -0.2) is 0 Å². The Kier molecular flexibility index (Phi) is 23.6. The van der Waals surface area contributed by atoms with Crippen LogP contribution in [-0.2, 0) is 10.8 Å². The molecule has 25 rings (SSSR count). The van der Waals surface area contributed by atoms with E-state index in [4.69, 9.17) is 0 Å². The Morgan fingerprint density at radius 2 is 0.369 bits per heavy atom. The Morgan fingerprint density at radius 1 is 0.128 bits per heavy atom. The molecule has 0 fully saturated rings. The van der Waals surface area contributed by atoms with Crippen LogP contribution in [0.15, 0.2) is 552 Å². The third-order valence-corrected chi connectivity index (χ3v) is 28.6. The molecule has 0 saturated heterocycles. The van der Waals surface area contributed by atoms with Crippen LogP contribution >= 0.6 is 0 Å². The molecule has 0 unspecified atom stereocenters. The number of rotatable bonds is 18. The van der Waals surface area contributed by atoms with Gasteiger partial charge in [0.25, 0.3) is 0 Å². The molecule has 2 aliphatic rings. The molecule has 3 nitrogen and oxygen atoms in total. The molecule has 0 atom stereocenters. The van der Waals surface area contributed by atoms with Crippen molar-refractivity contribution in [3.8, 4) is 122 Å². The number of hydrogen-bond donors (Lipinski definition) is 0. The van der Waals surface area contributed by atoms with Gasteiger partial charge in [0.2, 0.25) is 0 Å². The largest absolute Gasteiger partial charge is 0.311 e. The van der Waals surface area contributed by atoms with Crippen molar-refractivity contribution in [1.29, 1.82) is 0 Å². The van der Waals surface area contributed by atoms with Gasteiger partial charge in [0.15, 0.2) is 0 Å². The van der Waals surface area contributed by atoms with Crippen molar-refractivity contribution in [3.05, 3.63) is 574 Å². The first kappa shape index (κ1) is 87.3. The second-order valence-corrected chi connectivity index (χ2v) is 37.7. The lowest BCUT2D eigenvalue weighted by Gasteiger charge is -2.30. The summed E-state index contributed by atoms with van der Waals surface area (Å²) >= 11 is 0. The number of anilines is 9. The van der Waals surface area contributed by atoms with Gasteiger partial charge in [0.1, 0.15) is 0 Å². The van der Waals surface area contributed by atoms with E-state index in [-0.39, 0.29) is 10.8 Å². The first-order chi connectivity index (χ1) is 69.5. The van der Waals surface area contributed by atoms with Crippen molar-refractivity contribution >= 4 is 83.5 Å². The third kappa shape index (κ3) is 16.7. The van der Waals surface area contributed by atoms with E-state index in [1.54, 1.807) is 0 Å². The monoisotopic (exact) mass is 1800 g/mol. The van der Waals surface area contributed by atoms with E-state index in [0.717, 1.165) is 51.2 Å². The first-order valence-electron chi connectivity index (χ1n) is 48.9. The SMILES string of the molecule is CC1(C)c2ccccc2-c2ccc(N(c3cccc(-c4ccccc4)c3)c3cc(-c4ccccc4)c(-c4ccccc4)c4ccccc34)cc21.CC1(C)c2ccccc2-c2ccc(N(c3ccccc3)c3ccc(-c4cc(-c5ccccc5)c(-c5ccccc5)c5ccccc45)cc3)cc21.c1ccc(-c2cc(-c3ccc(N(c4ccccc4)c4ccccc4)cc3)c3ccccc3c2-c2ccccc2)cc1. The summed E-state index contributed by atoms with van der Waals surface area (Å²) in [5, 5.41) is 7.45. The molecule has 2 aliphatic carbocycles. The summed E-state index contributed by atoms with van der Waals surface area (Å²) in [6.45, 7) is 9.42. The molecule has 0 aromatic heterocycles. The minimum Gasteiger partial charge on any atom is -0.311 e. The van der Waals surface area contributed by atoms with Crippen LogP contribution in [0.5, 0.6) is 0 Å². The van der Waals surface area contributed by atoms with Crippen molar-refractivity contribution in [3.63, 3.8) is 0 Å². The fourth-order valence-electron chi connectivity index (χ4n) is 21.8. The summed E-state index contributed by atoms with van der Waals surface area (Å²) in [5.74, 6) is 0. The van der Waals surface area contributed by atoms with E-state index in [1.165, 1.54) is 177 Å². The summed E-state index contributed by atoms with van der Waals surface area (Å²) < 4.78 is 0. The summed E-state index contributed by atoms with van der Waals surface area (Å²) in [6.07, 6.45) is 0. The molecule has 23 aromatic carbocycles. The number of para-hydroxylation sites is 3. The second-order valence-electron chi connectivity index (χ2n) is 37.7. The molecule has 0 bridgehead atoms. The molecule has 0 radical (unpaired) electrons. The maximum atomic E-state index is 2.48. The van der Waals surface area contributed by atoms with Crippen LogP contribution in [0.2, 0.25) is 0 Å². The first-order valence-corrected chi connectivity index (χ1v) is 48.9. The van der Waals surface area contributed by atoms with E-state index in [2.05, 4.69) is 594 Å². The highest BCUT2D eigenvalue weighted by atomic mass is 15.2. The molecule has 670 valence electrons. The van der Waals surface area contributed by atoms with Crippen LogP contribution in [0, 0.1) is 0 Å². The lowest BCUT2D eigenvalue weighted by molar-refractivity contribution is 0.660. The van der Waals surface area contributed by atoms with Gasteiger partial charge in [0, 0.05) is 61.7 Å². The zero-order valence-electron chi connectivity index (χ0n) is 79.4. The molecular formula is C138H103N3. The van der Waals surface area contributed by atoms with E-state index in [9.17, 15) is 0 Å². The van der Waals surface area contributed by atoms with Gasteiger partial charge < -0.3 is 14.7 Å². The summed E-state index contributed by atoms with van der Waals surface area (Å²) in [4.78, 5) is 7.17. The molecule has 3 heteroatoms. The van der Waals surface area contributed by atoms with Gasteiger partial charge in [-0.3, -0.25) is 0 Å². The van der Waals surface area contributed by atoms with Crippen molar-refractivity contribution in [2.24, 2.45) is 0 Å².